The fourth-order valence-corrected chi connectivity index (χ4v) is 4.00. The summed E-state index contributed by atoms with van der Waals surface area (Å²) in [6.07, 6.45) is -2.32. The number of carbonyl (C=O) groups excluding carboxylic acids is 1. The molecule has 0 aliphatic carbocycles. The maximum absolute atomic E-state index is 13.7. The second kappa shape index (κ2) is 6.84. The standard InChI is InChI=1S/C18H19F4N5O/c19-12-1-3-13(4-2-12)27-15(18(20,21)22)14(24-25-27)16(28)26-9-6-17(7-10-26)5-8-23-11-17/h1-4,23H,5-11H2. The molecule has 2 aromatic rings. The molecule has 2 aliphatic rings. The molecule has 3 heterocycles. The Balaban J connectivity index is 1.62. The van der Waals surface area contributed by atoms with Gasteiger partial charge in [-0.05, 0) is 55.5 Å². The molecular weight excluding hydrogens is 378 g/mol. The first-order valence-electron chi connectivity index (χ1n) is 9.08. The van der Waals surface area contributed by atoms with Crippen molar-refractivity contribution in [1.29, 1.82) is 0 Å². The van der Waals surface area contributed by atoms with E-state index in [2.05, 4.69) is 15.6 Å². The van der Waals surface area contributed by atoms with Crippen LogP contribution >= 0.6 is 0 Å². The number of piperidine rings is 1. The maximum Gasteiger partial charge on any atom is 0.435 e. The number of halogens is 4. The van der Waals surface area contributed by atoms with Crippen molar-refractivity contribution < 1.29 is 22.4 Å². The number of nitrogens with one attached hydrogen (secondary N) is 1. The molecule has 2 aliphatic heterocycles. The number of hydrogen-bond acceptors (Lipinski definition) is 4. The minimum absolute atomic E-state index is 0.0186. The summed E-state index contributed by atoms with van der Waals surface area (Å²) >= 11 is 0. The van der Waals surface area contributed by atoms with E-state index in [-0.39, 0.29) is 11.1 Å². The molecule has 1 amide bonds. The van der Waals surface area contributed by atoms with Gasteiger partial charge in [-0.2, -0.15) is 13.2 Å². The minimum Gasteiger partial charge on any atom is -0.337 e. The SMILES string of the molecule is O=C(c1nnn(-c2ccc(F)cc2)c1C(F)(F)F)N1CCC2(CCNC2)CC1. The lowest BCUT2D eigenvalue weighted by Crippen LogP contribution is -2.44. The van der Waals surface area contributed by atoms with Crippen LogP contribution in [0.2, 0.25) is 0 Å². The van der Waals surface area contributed by atoms with Gasteiger partial charge in [-0.3, -0.25) is 4.79 Å². The van der Waals surface area contributed by atoms with E-state index < -0.39 is 29.3 Å². The van der Waals surface area contributed by atoms with Crippen LogP contribution < -0.4 is 5.32 Å². The van der Waals surface area contributed by atoms with Crippen molar-refractivity contribution in [1.82, 2.24) is 25.2 Å². The van der Waals surface area contributed by atoms with Crippen LogP contribution in [0.15, 0.2) is 24.3 Å². The molecule has 6 nitrogen and oxygen atoms in total. The van der Waals surface area contributed by atoms with E-state index >= 15 is 0 Å². The average molecular weight is 397 g/mol. The van der Waals surface area contributed by atoms with Gasteiger partial charge in [-0.1, -0.05) is 5.21 Å². The molecule has 1 aromatic heterocycles. The predicted octanol–water partition coefficient (Wildman–Crippen LogP) is 2.64. The summed E-state index contributed by atoms with van der Waals surface area (Å²) in [5.74, 6) is -1.36. The molecule has 1 N–H and O–H groups in total. The molecule has 1 aromatic carbocycles. The monoisotopic (exact) mass is 397 g/mol. The number of rotatable bonds is 2. The van der Waals surface area contributed by atoms with Crippen molar-refractivity contribution in [2.75, 3.05) is 26.2 Å². The van der Waals surface area contributed by atoms with Gasteiger partial charge in [-0.25, -0.2) is 9.07 Å². The summed E-state index contributed by atoms with van der Waals surface area (Å²) in [5, 5.41) is 10.4. The van der Waals surface area contributed by atoms with Gasteiger partial charge >= 0.3 is 6.18 Å². The number of alkyl halides is 3. The number of carbonyl (C=O) groups is 1. The first kappa shape index (κ1) is 18.9. The molecule has 4 rings (SSSR count). The molecule has 10 heteroatoms. The van der Waals surface area contributed by atoms with E-state index in [9.17, 15) is 22.4 Å². The highest BCUT2D eigenvalue weighted by Gasteiger charge is 2.44. The second-order valence-electron chi connectivity index (χ2n) is 7.39. The van der Waals surface area contributed by atoms with E-state index in [1.165, 1.54) is 4.90 Å². The number of nitrogens with zero attached hydrogens (tertiary/aromatic N) is 4. The second-order valence-corrected chi connectivity index (χ2v) is 7.39. The molecule has 1 spiro atoms. The summed E-state index contributed by atoms with van der Waals surface area (Å²) in [6, 6.07) is 4.37. The van der Waals surface area contributed by atoms with Crippen LogP contribution in [0.25, 0.3) is 5.69 Å². The molecule has 0 atom stereocenters. The first-order valence-corrected chi connectivity index (χ1v) is 9.08. The molecule has 2 saturated heterocycles. The summed E-state index contributed by atoms with van der Waals surface area (Å²) in [6.45, 7) is 2.59. The smallest absolute Gasteiger partial charge is 0.337 e. The van der Waals surface area contributed by atoms with E-state index in [1.807, 2.05) is 0 Å². The average Bonchev–Trinajstić information content (AvgIpc) is 3.30. The molecule has 150 valence electrons. The molecular formula is C18H19F4N5O. The van der Waals surface area contributed by atoms with Crippen LogP contribution in [0, 0.1) is 11.2 Å². The Morgan fingerprint density at radius 1 is 1.11 bits per heavy atom. The lowest BCUT2D eigenvalue weighted by atomic mass is 9.78. The van der Waals surface area contributed by atoms with Crippen LogP contribution in [0.5, 0.6) is 0 Å². The number of amides is 1. The van der Waals surface area contributed by atoms with Crippen molar-refractivity contribution >= 4 is 5.91 Å². The number of aromatic nitrogens is 3. The van der Waals surface area contributed by atoms with Crippen molar-refractivity contribution in [3.05, 3.63) is 41.5 Å². The Labute approximate surface area is 158 Å². The molecule has 0 saturated carbocycles. The highest BCUT2D eigenvalue weighted by molar-refractivity contribution is 5.93. The summed E-state index contributed by atoms with van der Waals surface area (Å²) in [4.78, 5) is 14.2. The summed E-state index contributed by atoms with van der Waals surface area (Å²) in [5.41, 5.74) is -1.85. The van der Waals surface area contributed by atoms with Crippen molar-refractivity contribution in [3.63, 3.8) is 0 Å². The van der Waals surface area contributed by atoms with Gasteiger partial charge in [0, 0.05) is 19.6 Å². The third kappa shape index (κ3) is 3.36. The van der Waals surface area contributed by atoms with Crippen LogP contribution in [0.4, 0.5) is 17.6 Å². The van der Waals surface area contributed by atoms with E-state index in [1.54, 1.807) is 0 Å². The third-order valence-corrected chi connectivity index (χ3v) is 5.66. The van der Waals surface area contributed by atoms with E-state index in [0.717, 1.165) is 56.6 Å². The van der Waals surface area contributed by atoms with Crippen molar-refractivity contribution in [3.8, 4) is 5.69 Å². The maximum atomic E-state index is 13.7. The lowest BCUT2D eigenvalue weighted by Gasteiger charge is -2.38. The first-order chi connectivity index (χ1) is 13.3. The van der Waals surface area contributed by atoms with Crippen LogP contribution in [-0.4, -0.2) is 52.0 Å². The minimum atomic E-state index is -4.84. The highest BCUT2D eigenvalue weighted by atomic mass is 19.4. The van der Waals surface area contributed by atoms with Crippen molar-refractivity contribution in [2.45, 2.75) is 25.4 Å². The highest BCUT2D eigenvalue weighted by Crippen LogP contribution is 2.38. The summed E-state index contributed by atoms with van der Waals surface area (Å²) < 4.78 is 54.8. The van der Waals surface area contributed by atoms with Gasteiger partial charge in [0.1, 0.15) is 5.82 Å². The van der Waals surface area contributed by atoms with Crippen LogP contribution in [0.3, 0.4) is 0 Å². The van der Waals surface area contributed by atoms with Gasteiger partial charge in [-0.15, -0.1) is 5.10 Å². The Kier molecular flexibility index (Phi) is 4.60. The summed E-state index contributed by atoms with van der Waals surface area (Å²) in [7, 11) is 0. The number of benzene rings is 1. The fourth-order valence-electron chi connectivity index (χ4n) is 4.00. The third-order valence-electron chi connectivity index (χ3n) is 5.66. The van der Waals surface area contributed by atoms with Gasteiger partial charge < -0.3 is 10.2 Å². The fraction of sp³-hybridized carbons (Fsp3) is 0.500. The van der Waals surface area contributed by atoms with E-state index in [4.69, 9.17) is 0 Å². The van der Waals surface area contributed by atoms with Gasteiger partial charge in [0.15, 0.2) is 11.4 Å². The van der Waals surface area contributed by atoms with Crippen molar-refractivity contribution in [2.24, 2.45) is 5.41 Å². The Morgan fingerprint density at radius 3 is 2.36 bits per heavy atom. The molecule has 0 unspecified atom stereocenters. The number of hydrogen-bond donors (Lipinski definition) is 1. The quantitative estimate of drug-likeness (QED) is 0.792. The Morgan fingerprint density at radius 2 is 1.79 bits per heavy atom. The molecule has 28 heavy (non-hydrogen) atoms. The van der Waals surface area contributed by atoms with Gasteiger partial charge in [0.05, 0.1) is 5.69 Å². The zero-order valence-electron chi connectivity index (χ0n) is 15.0. The molecule has 2 fully saturated rings. The molecule has 0 bridgehead atoms. The lowest BCUT2D eigenvalue weighted by molar-refractivity contribution is -0.143. The predicted molar refractivity (Wildman–Crippen MR) is 91.4 cm³/mol. The number of likely N-dealkylation sites (tertiary alicyclic amines) is 1. The van der Waals surface area contributed by atoms with E-state index in [0.29, 0.717) is 17.8 Å². The van der Waals surface area contributed by atoms with Crippen LogP contribution in [0.1, 0.15) is 35.4 Å². The Bertz CT molecular complexity index is 861. The van der Waals surface area contributed by atoms with Gasteiger partial charge in [0.2, 0.25) is 0 Å². The Hall–Kier alpha value is -2.49. The largest absolute Gasteiger partial charge is 0.435 e. The van der Waals surface area contributed by atoms with Gasteiger partial charge in [0.25, 0.3) is 5.91 Å². The zero-order chi connectivity index (χ0) is 19.9. The topological polar surface area (TPSA) is 63.1 Å². The zero-order valence-corrected chi connectivity index (χ0v) is 15.0. The van der Waals surface area contributed by atoms with Crippen LogP contribution in [-0.2, 0) is 6.18 Å². The normalized spacial score (nSPS) is 19.4. The molecule has 0 radical (unpaired) electrons.